The first-order chi connectivity index (χ1) is 6.14. The molecule has 0 bridgehead atoms. The summed E-state index contributed by atoms with van der Waals surface area (Å²) >= 11 is 1.14. The molecule has 0 unspecified atom stereocenters. The first-order valence-electron chi connectivity index (χ1n) is 4.69. The van der Waals surface area contributed by atoms with Gasteiger partial charge in [0.1, 0.15) is 0 Å². The topological polar surface area (TPSA) is 32.7 Å². The Bertz CT molecular complexity index is 167. The summed E-state index contributed by atoms with van der Waals surface area (Å²) in [5.41, 5.74) is 0. The Balaban J connectivity index is 2.32. The van der Waals surface area contributed by atoms with E-state index in [-0.39, 0.29) is 4.75 Å². The smallest absolute Gasteiger partial charge is 0.0482 e. The Morgan fingerprint density at radius 3 is 2.62 bits per heavy atom. The zero-order valence-electron chi connectivity index (χ0n) is 8.32. The lowest BCUT2D eigenvalue weighted by Gasteiger charge is -2.32. The molecule has 0 aromatic heterocycles. The average molecular weight is 201 g/mol. The van der Waals surface area contributed by atoms with Crippen molar-refractivity contribution >= 4 is 11.9 Å². The van der Waals surface area contributed by atoms with Crippen molar-refractivity contribution in [2.45, 2.75) is 31.4 Å². The SMILES string of the molecule is CC(C)(CN1CC[CH]CC1)SN=O. The average Bonchev–Trinajstić information content (AvgIpc) is 2.04. The van der Waals surface area contributed by atoms with Gasteiger partial charge in [-0.05, 0) is 46.2 Å². The van der Waals surface area contributed by atoms with Crippen LogP contribution < -0.4 is 0 Å². The number of nitroso groups, excluding NO2 is 1. The second kappa shape index (κ2) is 4.96. The minimum absolute atomic E-state index is 0.0426. The van der Waals surface area contributed by atoms with Gasteiger partial charge in [0.25, 0.3) is 0 Å². The summed E-state index contributed by atoms with van der Waals surface area (Å²) in [6.07, 6.45) is 4.68. The summed E-state index contributed by atoms with van der Waals surface area (Å²) in [6.45, 7) is 7.34. The van der Waals surface area contributed by atoms with Crippen molar-refractivity contribution in [2.75, 3.05) is 19.6 Å². The molecule has 75 valence electrons. The van der Waals surface area contributed by atoms with Gasteiger partial charge in [0.05, 0.1) is 0 Å². The van der Waals surface area contributed by atoms with Crippen LogP contribution in [0.15, 0.2) is 4.58 Å². The Morgan fingerprint density at radius 1 is 1.46 bits per heavy atom. The lowest BCUT2D eigenvalue weighted by atomic mass is 10.1. The molecule has 0 saturated carbocycles. The summed E-state index contributed by atoms with van der Waals surface area (Å²) in [7, 11) is 0. The fourth-order valence-corrected chi connectivity index (χ4v) is 2.07. The predicted molar refractivity (Wildman–Crippen MR) is 57.4 cm³/mol. The third-order valence-corrected chi connectivity index (χ3v) is 2.89. The standard InChI is InChI=1S/C9H17N2OS/c1-9(2,13-10-12)8-11-6-4-3-5-7-11/h3H,4-8H2,1-2H3. The van der Waals surface area contributed by atoms with Gasteiger partial charge in [-0.3, -0.25) is 0 Å². The quantitative estimate of drug-likeness (QED) is 0.517. The summed E-state index contributed by atoms with van der Waals surface area (Å²) in [5.74, 6) is 0. The van der Waals surface area contributed by atoms with E-state index in [9.17, 15) is 4.91 Å². The minimum Gasteiger partial charge on any atom is -0.302 e. The van der Waals surface area contributed by atoms with E-state index in [0.717, 1.165) is 31.6 Å². The second-order valence-corrected chi connectivity index (χ2v) is 5.50. The molecule has 13 heavy (non-hydrogen) atoms. The normalized spacial score (nSPS) is 20.2. The van der Waals surface area contributed by atoms with Gasteiger partial charge in [0, 0.05) is 27.8 Å². The van der Waals surface area contributed by atoms with E-state index in [0.29, 0.717) is 0 Å². The van der Waals surface area contributed by atoms with Crippen LogP contribution in [-0.2, 0) is 0 Å². The summed E-state index contributed by atoms with van der Waals surface area (Å²) in [4.78, 5) is 12.6. The van der Waals surface area contributed by atoms with Crippen molar-refractivity contribution in [3.05, 3.63) is 11.3 Å². The van der Waals surface area contributed by atoms with E-state index in [4.69, 9.17) is 0 Å². The number of rotatable bonds is 4. The molecule has 1 saturated heterocycles. The van der Waals surface area contributed by atoms with Crippen molar-refractivity contribution in [2.24, 2.45) is 4.58 Å². The van der Waals surface area contributed by atoms with Gasteiger partial charge in [-0.15, -0.1) is 4.91 Å². The van der Waals surface area contributed by atoms with Crippen LogP contribution in [0.2, 0.25) is 0 Å². The van der Waals surface area contributed by atoms with Crippen LogP contribution in [0.4, 0.5) is 0 Å². The largest absolute Gasteiger partial charge is 0.302 e. The molecule has 0 atom stereocenters. The van der Waals surface area contributed by atoms with Crippen molar-refractivity contribution in [1.82, 2.24) is 4.90 Å². The fourth-order valence-electron chi connectivity index (χ4n) is 1.63. The van der Waals surface area contributed by atoms with Gasteiger partial charge in [-0.2, -0.15) is 0 Å². The molecule has 0 N–H and O–H groups in total. The molecule has 0 amide bonds. The lowest BCUT2D eigenvalue weighted by Crippen LogP contribution is -2.39. The molecular formula is C9H17N2OS. The van der Waals surface area contributed by atoms with Crippen LogP contribution in [0, 0.1) is 11.3 Å². The van der Waals surface area contributed by atoms with E-state index in [1.54, 1.807) is 0 Å². The van der Waals surface area contributed by atoms with Crippen LogP contribution >= 0.6 is 11.9 Å². The van der Waals surface area contributed by atoms with Gasteiger partial charge in [0.2, 0.25) is 0 Å². The summed E-state index contributed by atoms with van der Waals surface area (Å²) in [6, 6.07) is 0. The highest BCUT2D eigenvalue weighted by atomic mass is 32.2. The Morgan fingerprint density at radius 2 is 2.08 bits per heavy atom. The molecule has 1 fully saturated rings. The zero-order valence-corrected chi connectivity index (χ0v) is 9.14. The van der Waals surface area contributed by atoms with Crippen molar-refractivity contribution < 1.29 is 0 Å². The maximum absolute atomic E-state index is 10.2. The van der Waals surface area contributed by atoms with Crippen molar-refractivity contribution in [3.8, 4) is 0 Å². The monoisotopic (exact) mass is 201 g/mol. The molecule has 1 aliphatic rings. The van der Waals surface area contributed by atoms with Crippen LogP contribution in [0.25, 0.3) is 0 Å². The molecule has 1 rings (SSSR count). The molecule has 0 aromatic carbocycles. The molecule has 1 radical (unpaired) electrons. The molecule has 3 nitrogen and oxygen atoms in total. The molecule has 0 spiro atoms. The summed E-state index contributed by atoms with van der Waals surface area (Å²) in [5, 5.41) is 0. The number of hydrogen-bond acceptors (Lipinski definition) is 4. The number of hydrogen-bond donors (Lipinski definition) is 0. The van der Waals surface area contributed by atoms with Crippen LogP contribution in [0.3, 0.4) is 0 Å². The fraction of sp³-hybridized carbons (Fsp3) is 0.889. The first-order valence-corrected chi connectivity index (χ1v) is 5.46. The van der Waals surface area contributed by atoms with Crippen molar-refractivity contribution in [1.29, 1.82) is 0 Å². The van der Waals surface area contributed by atoms with Gasteiger partial charge in [0.15, 0.2) is 0 Å². The van der Waals surface area contributed by atoms with Crippen LogP contribution in [0.5, 0.6) is 0 Å². The van der Waals surface area contributed by atoms with Gasteiger partial charge in [-0.25, -0.2) is 0 Å². The molecule has 0 aliphatic carbocycles. The molecule has 0 aromatic rings. The first kappa shape index (κ1) is 11.0. The Labute approximate surface area is 84.4 Å². The number of piperidine rings is 1. The minimum atomic E-state index is -0.0426. The van der Waals surface area contributed by atoms with E-state index in [2.05, 4.69) is 29.8 Å². The Kier molecular flexibility index (Phi) is 4.19. The third-order valence-electron chi connectivity index (χ3n) is 2.19. The van der Waals surface area contributed by atoms with Gasteiger partial charge < -0.3 is 4.90 Å². The summed E-state index contributed by atoms with van der Waals surface area (Å²) < 4.78 is 2.86. The third kappa shape index (κ3) is 4.09. The molecule has 1 heterocycles. The maximum atomic E-state index is 10.2. The van der Waals surface area contributed by atoms with E-state index < -0.39 is 0 Å². The maximum Gasteiger partial charge on any atom is 0.0482 e. The number of nitrogens with zero attached hydrogens (tertiary/aromatic N) is 2. The van der Waals surface area contributed by atoms with Crippen molar-refractivity contribution in [3.63, 3.8) is 0 Å². The molecular weight excluding hydrogens is 184 g/mol. The highest BCUT2D eigenvalue weighted by molar-refractivity contribution is 7.99. The highest BCUT2D eigenvalue weighted by Gasteiger charge is 2.24. The second-order valence-electron chi connectivity index (χ2n) is 4.07. The van der Waals surface area contributed by atoms with Crippen LogP contribution in [0.1, 0.15) is 26.7 Å². The Hall–Kier alpha value is -0.0900. The van der Waals surface area contributed by atoms with Crippen LogP contribution in [-0.4, -0.2) is 29.3 Å². The van der Waals surface area contributed by atoms with Gasteiger partial charge >= 0.3 is 0 Å². The zero-order chi connectivity index (χ0) is 9.73. The lowest BCUT2D eigenvalue weighted by molar-refractivity contribution is 0.238. The molecule has 4 heteroatoms. The highest BCUT2D eigenvalue weighted by Crippen LogP contribution is 2.26. The van der Waals surface area contributed by atoms with Gasteiger partial charge in [-0.1, -0.05) is 0 Å². The van der Waals surface area contributed by atoms with E-state index >= 15 is 0 Å². The predicted octanol–water partition coefficient (Wildman–Crippen LogP) is 2.48. The van der Waals surface area contributed by atoms with E-state index in [1.807, 2.05) is 0 Å². The van der Waals surface area contributed by atoms with E-state index in [1.165, 1.54) is 12.8 Å². The molecule has 1 aliphatic heterocycles. The number of likely N-dealkylation sites (tertiary alicyclic amines) is 1.